The molecular formula is C29H30N2S. The molecule has 2 heterocycles. The molecule has 32 heavy (non-hydrogen) atoms. The van der Waals surface area contributed by atoms with E-state index >= 15 is 0 Å². The van der Waals surface area contributed by atoms with E-state index in [1.807, 2.05) is 11.3 Å². The second kappa shape index (κ2) is 8.55. The first-order valence-electron chi connectivity index (χ1n) is 11.5. The number of hydrogen-bond acceptors (Lipinski definition) is 2. The van der Waals surface area contributed by atoms with Gasteiger partial charge in [-0.1, -0.05) is 60.7 Å². The summed E-state index contributed by atoms with van der Waals surface area (Å²) >= 11 is 1.91. The molecule has 2 aromatic carbocycles. The summed E-state index contributed by atoms with van der Waals surface area (Å²) in [6.45, 7) is 6.70. The zero-order valence-corrected chi connectivity index (χ0v) is 20.2. The highest BCUT2D eigenvalue weighted by atomic mass is 32.1. The minimum Gasteiger partial charge on any atom is -0.331 e. The molecule has 1 aliphatic rings. The minimum absolute atomic E-state index is 0.538. The molecule has 0 aliphatic heterocycles. The van der Waals surface area contributed by atoms with Crippen LogP contribution in [0.3, 0.4) is 0 Å². The Kier molecular flexibility index (Phi) is 5.60. The van der Waals surface area contributed by atoms with Gasteiger partial charge in [0.15, 0.2) is 0 Å². The van der Waals surface area contributed by atoms with Crippen LogP contribution < -0.4 is 0 Å². The first-order valence-corrected chi connectivity index (χ1v) is 12.3. The van der Waals surface area contributed by atoms with Crippen molar-refractivity contribution in [2.24, 2.45) is 7.05 Å². The van der Waals surface area contributed by atoms with Gasteiger partial charge in [-0.15, -0.1) is 11.3 Å². The fraction of sp³-hybridized carbons (Fsp3) is 0.276. The highest BCUT2D eigenvalue weighted by Crippen LogP contribution is 2.47. The number of aryl methyl sites for hydroxylation is 2. The summed E-state index contributed by atoms with van der Waals surface area (Å²) in [6.07, 6.45) is 3.33. The number of aromatic nitrogens is 2. The third-order valence-corrected chi connectivity index (χ3v) is 7.86. The Bertz CT molecular complexity index is 1280. The molecule has 0 bridgehead atoms. The van der Waals surface area contributed by atoms with Crippen molar-refractivity contribution in [3.63, 3.8) is 0 Å². The van der Waals surface area contributed by atoms with E-state index in [0.717, 1.165) is 18.7 Å². The van der Waals surface area contributed by atoms with Crippen LogP contribution in [0.1, 0.15) is 57.4 Å². The van der Waals surface area contributed by atoms with Gasteiger partial charge in [-0.05, 0) is 74.3 Å². The van der Waals surface area contributed by atoms with E-state index in [9.17, 15) is 0 Å². The molecule has 1 aliphatic carbocycles. The highest BCUT2D eigenvalue weighted by Gasteiger charge is 2.28. The average molecular weight is 439 g/mol. The van der Waals surface area contributed by atoms with Gasteiger partial charge in [-0.3, -0.25) is 0 Å². The van der Waals surface area contributed by atoms with E-state index in [4.69, 9.17) is 4.98 Å². The molecule has 2 nitrogen and oxygen atoms in total. The normalized spacial score (nSPS) is 16.6. The van der Waals surface area contributed by atoms with Gasteiger partial charge in [0.2, 0.25) is 0 Å². The lowest BCUT2D eigenvalue weighted by atomic mass is 9.77. The second-order valence-corrected chi connectivity index (χ2v) is 10.4. The van der Waals surface area contributed by atoms with Crippen LogP contribution in [0, 0.1) is 20.8 Å². The van der Waals surface area contributed by atoms with E-state index in [2.05, 4.69) is 99.1 Å². The Morgan fingerprint density at radius 2 is 1.59 bits per heavy atom. The number of rotatable bonds is 4. The second-order valence-electron chi connectivity index (χ2n) is 8.93. The van der Waals surface area contributed by atoms with Crippen molar-refractivity contribution < 1.29 is 0 Å². The van der Waals surface area contributed by atoms with Crippen molar-refractivity contribution in [2.75, 3.05) is 0 Å². The Hall–Kier alpha value is -2.91. The molecule has 5 rings (SSSR count). The lowest BCUT2D eigenvalue weighted by Crippen LogP contribution is -2.10. The third-order valence-electron chi connectivity index (χ3n) is 6.89. The van der Waals surface area contributed by atoms with Gasteiger partial charge in [0.1, 0.15) is 5.82 Å². The zero-order valence-electron chi connectivity index (χ0n) is 19.4. The third kappa shape index (κ3) is 3.75. The molecular weight excluding hydrogens is 408 g/mol. The van der Waals surface area contributed by atoms with Crippen LogP contribution in [-0.2, 0) is 7.05 Å². The molecule has 1 unspecified atom stereocenters. The lowest BCUT2D eigenvalue weighted by molar-refractivity contribution is 0.634. The monoisotopic (exact) mass is 438 g/mol. The fourth-order valence-corrected chi connectivity index (χ4v) is 6.08. The first kappa shape index (κ1) is 21.0. The summed E-state index contributed by atoms with van der Waals surface area (Å²) in [7, 11) is 2.14. The van der Waals surface area contributed by atoms with E-state index in [-0.39, 0.29) is 0 Å². The van der Waals surface area contributed by atoms with Crippen LogP contribution in [0.15, 0.2) is 66.7 Å². The number of hydrogen-bond donors (Lipinski definition) is 0. The van der Waals surface area contributed by atoms with Crippen LogP contribution in [0.2, 0.25) is 0 Å². The lowest BCUT2D eigenvalue weighted by Gasteiger charge is -2.28. The van der Waals surface area contributed by atoms with Crippen molar-refractivity contribution >= 4 is 22.5 Å². The van der Waals surface area contributed by atoms with E-state index in [1.165, 1.54) is 55.4 Å². The smallest absolute Gasteiger partial charge is 0.140 e. The van der Waals surface area contributed by atoms with Crippen LogP contribution in [0.4, 0.5) is 0 Å². The summed E-state index contributed by atoms with van der Waals surface area (Å²) < 4.78 is 2.26. The summed E-state index contributed by atoms with van der Waals surface area (Å²) in [5.74, 6) is 1.58. The molecule has 0 fully saturated rings. The van der Waals surface area contributed by atoms with Crippen molar-refractivity contribution in [3.8, 4) is 11.4 Å². The van der Waals surface area contributed by atoms with Crippen molar-refractivity contribution in [1.82, 2.24) is 9.55 Å². The fourth-order valence-electron chi connectivity index (χ4n) is 5.13. The van der Waals surface area contributed by atoms with Crippen molar-refractivity contribution in [2.45, 2.75) is 46.0 Å². The Balaban J connectivity index is 1.67. The van der Waals surface area contributed by atoms with Crippen LogP contribution in [0.5, 0.6) is 0 Å². The largest absolute Gasteiger partial charge is 0.331 e. The predicted octanol–water partition coefficient (Wildman–Crippen LogP) is 7.95. The molecule has 0 saturated heterocycles. The standard InChI is InChI=1S/C29H30N2S/c1-19-17-26(21(3)32-19)25-16-15-24(22-11-7-5-8-12-22)18-27(25)28-20(2)31(4)29(30-28)23-13-9-6-10-14-23/h5-14,17,24H,15-16,18H2,1-4H3. The van der Waals surface area contributed by atoms with E-state index < -0.39 is 0 Å². The van der Waals surface area contributed by atoms with Gasteiger partial charge in [-0.25, -0.2) is 4.98 Å². The van der Waals surface area contributed by atoms with Gasteiger partial charge >= 0.3 is 0 Å². The SMILES string of the molecule is Cc1cc(C2=C(c3nc(-c4ccccc4)n(C)c3C)CC(c3ccccc3)CC2)c(C)s1. The molecule has 1 atom stereocenters. The molecule has 0 amide bonds. The predicted molar refractivity (Wildman–Crippen MR) is 137 cm³/mol. The number of benzene rings is 2. The van der Waals surface area contributed by atoms with Gasteiger partial charge in [0.25, 0.3) is 0 Å². The first-order chi connectivity index (χ1) is 15.5. The Morgan fingerprint density at radius 3 is 2.25 bits per heavy atom. The summed E-state index contributed by atoms with van der Waals surface area (Å²) in [4.78, 5) is 8.06. The highest BCUT2D eigenvalue weighted by molar-refractivity contribution is 7.12. The van der Waals surface area contributed by atoms with Crippen LogP contribution in [0.25, 0.3) is 22.5 Å². The Morgan fingerprint density at radius 1 is 0.906 bits per heavy atom. The zero-order chi connectivity index (χ0) is 22.2. The van der Waals surface area contributed by atoms with E-state index in [1.54, 1.807) is 0 Å². The number of nitrogens with zero attached hydrogens (tertiary/aromatic N) is 2. The number of allylic oxidation sites excluding steroid dienone is 2. The molecule has 0 N–H and O–H groups in total. The summed E-state index contributed by atoms with van der Waals surface area (Å²) in [6, 6.07) is 24.0. The topological polar surface area (TPSA) is 17.8 Å². The van der Waals surface area contributed by atoms with Gasteiger partial charge in [0, 0.05) is 28.1 Å². The Labute approximate surface area is 195 Å². The van der Waals surface area contributed by atoms with Crippen molar-refractivity contribution in [1.29, 1.82) is 0 Å². The van der Waals surface area contributed by atoms with Gasteiger partial charge in [-0.2, -0.15) is 0 Å². The molecule has 0 spiro atoms. The van der Waals surface area contributed by atoms with Crippen molar-refractivity contribution in [3.05, 3.63) is 99.0 Å². The number of thiophene rings is 1. The average Bonchev–Trinajstić information content (AvgIpc) is 3.32. The molecule has 3 heteroatoms. The van der Waals surface area contributed by atoms with E-state index in [0.29, 0.717) is 5.92 Å². The molecule has 4 aromatic rings. The van der Waals surface area contributed by atoms with Crippen LogP contribution >= 0.6 is 11.3 Å². The molecule has 2 aromatic heterocycles. The summed E-state index contributed by atoms with van der Waals surface area (Å²) in [5, 5.41) is 0. The maximum absolute atomic E-state index is 5.25. The molecule has 162 valence electrons. The van der Waals surface area contributed by atoms with Crippen LogP contribution in [-0.4, -0.2) is 9.55 Å². The molecule has 0 radical (unpaired) electrons. The maximum atomic E-state index is 5.25. The van der Waals surface area contributed by atoms with Gasteiger partial charge < -0.3 is 4.57 Å². The number of imidazole rings is 1. The molecule has 0 saturated carbocycles. The summed E-state index contributed by atoms with van der Waals surface area (Å²) in [5.41, 5.74) is 9.39. The minimum atomic E-state index is 0.538. The maximum Gasteiger partial charge on any atom is 0.140 e. The van der Waals surface area contributed by atoms with Gasteiger partial charge in [0.05, 0.1) is 5.69 Å². The quantitative estimate of drug-likeness (QED) is 0.316.